The zero-order valence-corrected chi connectivity index (χ0v) is 10.5. The standard InChI is InChI=1S/C14H17NO2/c1-6-11-8-10(9-12(7-2)15-11)13(16)17-14(3,4)5/h6-9H,1-2H2,3-5H3. The number of ether oxygens (including phenoxy) is 1. The van der Waals surface area contributed by atoms with Gasteiger partial charge in [0.05, 0.1) is 17.0 Å². The molecule has 0 aliphatic rings. The maximum absolute atomic E-state index is 11.9. The van der Waals surface area contributed by atoms with Gasteiger partial charge in [-0.25, -0.2) is 9.78 Å². The molecule has 1 aromatic heterocycles. The Kier molecular flexibility index (Phi) is 3.84. The number of hydrogen-bond acceptors (Lipinski definition) is 3. The first kappa shape index (κ1) is 13.2. The van der Waals surface area contributed by atoms with Crippen molar-refractivity contribution in [1.82, 2.24) is 4.98 Å². The van der Waals surface area contributed by atoms with Crippen LogP contribution in [0.1, 0.15) is 42.5 Å². The van der Waals surface area contributed by atoms with Crippen molar-refractivity contribution in [1.29, 1.82) is 0 Å². The van der Waals surface area contributed by atoms with E-state index in [0.29, 0.717) is 17.0 Å². The van der Waals surface area contributed by atoms with Crippen LogP contribution in [0.4, 0.5) is 0 Å². The molecule has 0 unspecified atom stereocenters. The second-order valence-electron chi connectivity index (χ2n) is 4.62. The van der Waals surface area contributed by atoms with Gasteiger partial charge in [0.1, 0.15) is 5.60 Å². The van der Waals surface area contributed by atoms with E-state index in [9.17, 15) is 4.79 Å². The van der Waals surface area contributed by atoms with E-state index in [1.165, 1.54) is 0 Å². The van der Waals surface area contributed by atoms with Crippen LogP contribution in [0.3, 0.4) is 0 Å². The third kappa shape index (κ3) is 3.87. The van der Waals surface area contributed by atoms with Gasteiger partial charge in [-0.1, -0.05) is 13.2 Å². The van der Waals surface area contributed by atoms with Crippen molar-refractivity contribution in [3.05, 3.63) is 42.2 Å². The molecule has 0 aliphatic heterocycles. The molecule has 3 heteroatoms. The number of nitrogens with zero attached hydrogens (tertiary/aromatic N) is 1. The highest BCUT2D eigenvalue weighted by atomic mass is 16.6. The highest BCUT2D eigenvalue weighted by Crippen LogP contribution is 2.14. The van der Waals surface area contributed by atoms with Crippen LogP contribution in [0, 0.1) is 0 Å². The van der Waals surface area contributed by atoms with Crippen molar-refractivity contribution in [3.63, 3.8) is 0 Å². The molecule has 3 nitrogen and oxygen atoms in total. The summed E-state index contributed by atoms with van der Waals surface area (Å²) in [6.45, 7) is 12.7. The van der Waals surface area contributed by atoms with E-state index in [4.69, 9.17) is 4.74 Å². The fraction of sp³-hybridized carbons (Fsp3) is 0.286. The third-order valence-electron chi connectivity index (χ3n) is 1.92. The number of rotatable bonds is 3. The van der Waals surface area contributed by atoms with Gasteiger partial charge in [-0.15, -0.1) is 0 Å². The maximum atomic E-state index is 11.9. The van der Waals surface area contributed by atoms with Crippen molar-refractivity contribution in [2.45, 2.75) is 26.4 Å². The lowest BCUT2D eigenvalue weighted by molar-refractivity contribution is 0.00693. The Morgan fingerprint density at radius 2 is 1.71 bits per heavy atom. The van der Waals surface area contributed by atoms with Gasteiger partial charge in [0.2, 0.25) is 0 Å². The third-order valence-corrected chi connectivity index (χ3v) is 1.92. The van der Waals surface area contributed by atoms with Gasteiger partial charge < -0.3 is 4.74 Å². The Morgan fingerprint density at radius 3 is 2.06 bits per heavy atom. The summed E-state index contributed by atoms with van der Waals surface area (Å²) in [7, 11) is 0. The van der Waals surface area contributed by atoms with Crippen LogP contribution in [0.2, 0.25) is 0 Å². The molecule has 1 rings (SSSR count). The number of carbonyl (C=O) groups excluding carboxylic acids is 1. The van der Waals surface area contributed by atoms with Gasteiger partial charge in [0.25, 0.3) is 0 Å². The molecule has 0 bridgehead atoms. The first-order chi connectivity index (χ1) is 7.85. The number of esters is 1. The summed E-state index contributed by atoms with van der Waals surface area (Å²) in [5, 5.41) is 0. The van der Waals surface area contributed by atoms with E-state index in [2.05, 4.69) is 18.1 Å². The number of carbonyl (C=O) groups is 1. The Hall–Kier alpha value is -1.90. The molecule has 0 spiro atoms. The average molecular weight is 231 g/mol. The minimum Gasteiger partial charge on any atom is -0.456 e. The molecule has 0 N–H and O–H groups in total. The summed E-state index contributed by atoms with van der Waals surface area (Å²) >= 11 is 0. The summed E-state index contributed by atoms with van der Waals surface area (Å²) in [6, 6.07) is 3.29. The highest BCUT2D eigenvalue weighted by molar-refractivity contribution is 5.90. The molecule has 0 saturated heterocycles. The Balaban J connectivity index is 3.08. The van der Waals surface area contributed by atoms with Gasteiger partial charge in [0, 0.05) is 0 Å². The molecule has 0 aliphatic carbocycles. The van der Waals surface area contributed by atoms with Crippen molar-refractivity contribution < 1.29 is 9.53 Å². The molecule has 1 aromatic rings. The fourth-order valence-corrected chi connectivity index (χ4v) is 1.24. The van der Waals surface area contributed by atoms with Crippen molar-refractivity contribution in [2.24, 2.45) is 0 Å². The largest absolute Gasteiger partial charge is 0.456 e. The molecular formula is C14H17NO2. The zero-order valence-electron chi connectivity index (χ0n) is 10.5. The Bertz CT molecular complexity index is 430. The van der Waals surface area contributed by atoms with E-state index in [1.54, 1.807) is 24.3 Å². The molecule has 0 atom stereocenters. The molecule has 17 heavy (non-hydrogen) atoms. The van der Waals surface area contributed by atoms with E-state index >= 15 is 0 Å². The minimum atomic E-state index is -0.511. The monoisotopic (exact) mass is 231 g/mol. The number of hydrogen-bond donors (Lipinski definition) is 0. The maximum Gasteiger partial charge on any atom is 0.338 e. The predicted octanol–water partition coefficient (Wildman–Crippen LogP) is 3.32. The average Bonchev–Trinajstić information content (AvgIpc) is 2.26. The number of pyridine rings is 1. The lowest BCUT2D eigenvalue weighted by Crippen LogP contribution is -2.24. The molecule has 1 heterocycles. The zero-order chi connectivity index (χ0) is 13.1. The molecule has 0 radical (unpaired) electrons. The second-order valence-corrected chi connectivity index (χ2v) is 4.62. The Labute approximate surface area is 102 Å². The predicted molar refractivity (Wildman–Crippen MR) is 69.6 cm³/mol. The van der Waals surface area contributed by atoms with Crippen LogP contribution in [0.5, 0.6) is 0 Å². The van der Waals surface area contributed by atoms with E-state index in [0.717, 1.165) is 0 Å². The molecule has 0 saturated carbocycles. The van der Waals surface area contributed by atoms with Gasteiger partial charge in [0.15, 0.2) is 0 Å². The second kappa shape index (κ2) is 4.95. The molecule has 0 amide bonds. The Morgan fingerprint density at radius 1 is 1.24 bits per heavy atom. The van der Waals surface area contributed by atoms with Crippen LogP contribution in [0.25, 0.3) is 12.2 Å². The normalized spacial score (nSPS) is 10.8. The van der Waals surface area contributed by atoms with Crippen LogP contribution in [0.15, 0.2) is 25.3 Å². The lowest BCUT2D eigenvalue weighted by atomic mass is 10.1. The lowest BCUT2D eigenvalue weighted by Gasteiger charge is -2.19. The topological polar surface area (TPSA) is 39.2 Å². The van der Waals surface area contributed by atoms with Crippen LogP contribution in [-0.2, 0) is 4.74 Å². The first-order valence-electron chi connectivity index (χ1n) is 5.36. The van der Waals surface area contributed by atoms with Gasteiger partial charge in [-0.3, -0.25) is 0 Å². The van der Waals surface area contributed by atoms with Crippen LogP contribution < -0.4 is 0 Å². The van der Waals surface area contributed by atoms with Crippen LogP contribution in [-0.4, -0.2) is 16.6 Å². The van der Waals surface area contributed by atoms with E-state index < -0.39 is 5.60 Å². The quantitative estimate of drug-likeness (QED) is 0.749. The van der Waals surface area contributed by atoms with E-state index in [-0.39, 0.29) is 5.97 Å². The SMILES string of the molecule is C=Cc1cc(C(=O)OC(C)(C)C)cc(C=C)n1. The summed E-state index contributed by atoms with van der Waals surface area (Å²) in [4.78, 5) is 16.1. The highest BCUT2D eigenvalue weighted by Gasteiger charge is 2.18. The number of aromatic nitrogens is 1. The van der Waals surface area contributed by atoms with Gasteiger partial charge >= 0.3 is 5.97 Å². The van der Waals surface area contributed by atoms with Gasteiger partial charge in [-0.05, 0) is 45.1 Å². The summed E-state index contributed by atoms with van der Waals surface area (Å²) in [6.07, 6.45) is 3.17. The smallest absolute Gasteiger partial charge is 0.338 e. The molecule has 0 fully saturated rings. The van der Waals surface area contributed by atoms with Gasteiger partial charge in [-0.2, -0.15) is 0 Å². The summed E-state index contributed by atoms with van der Waals surface area (Å²) in [5.41, 5.74) is 1.20. The minimum absolute atomic E-state index is 0.369. The fourth-order valence-electron chi connectivity index (χ4n) is 1.24. The van der Waals surface area contributed by atoms with Crippen molar-refractivity contribution in [3.8, 4) is 0 Å². The van der Waals surface area contributed by atoms with Crippen molar-refractivity contribution in [2.75, 3.05) is 0 Å². The van der Waals surface area contributed by atoms with E-state index in [1.807, 2.05) is 20.8 Å². The molecule has 0 aromatic carbocycles. The summed E-state index contributed by atoms with van der Waals surface area (Å²) < 4.78 is 5.29. The molecular weight excluding hydrogens is 214 g/mol. The summed E-state index contributed by atoms with van der Waals surface area (Å²) in [5.74, 6) is -0.369. The van der Waals surface area contributed by atoms with Crippen LogP contribution >= 0.6 is 0 Å². The molecule has 90 valence electrons. The first-order valence-corrected chi connectivity index (χ1v) is 5.36. The van der Waals surface area contributed by atoms with Crippen molar-refractivity contribution >= 4 is 18.1 Å².